The number of ether oxygens (including phenoxy) is 2. The van der Waals surface area contributed by atoms with Gasteiger partial charge in [0.15, 0.2) is 0 Å². The standard InChI is InChI=1S/C27H36N4O5/c1-6-27(3,4)36-26(34)31(5)23-11-9-8-10-20(25(33)35-7-2)29-21-16-18(28)12-13-19(21)17-14-22(23)30-24(32)15-17/h8-9,12-16,20,23,29H,6-7,10-11,28H2,1-5H3,(H,30,32). The summed E-state index contributed by atoms with van der Waals surface area (Å²) in [6.45, 7) is 7.67. The Labute approximate surface area is 211 Å². The Morgan fingerprint density at radius 3 is 2.56 bits per heavy atom. The topological polar surface area (TPSA) is 127 Å². The van der Waals surface area contributed by atoms with E-state index in [1.807, 2.05) is 39.0 Å². The largest absolute Gasteiger partial charge is 0.464 e. The van der Waals surface area contributed by atoms with Crippen LogP contribution in [-0.2, 0) is 14.3 Å². The summed E-state index contributed by atoms with van der Waals surface area (Å²) in [5.74, 6) is -0.391. The Hall–Kier alpha value is -3.75. The van der Waals surface area contributed by atoms with Crippen molar-refractivity contribution in [3.63, 3.8) is 0 Å². The van der Waals surface area contributed by atoms with E-state index in [0.717, 1.165) is 0 Å². The van der Waals surface area contributed by atoms with Gasteiger partial charge in [-0.1, -0.05) is 25.1 Å². The Morgan fingerprint density at radius 2 is 1.86 bits per heavy atom. The van der Waals surface area contributed by atoms with E-state index in [2.05, 4.69) is 10.3 Å². The molecule has 1 amide bonds. The Kier molecular flexibility index (Phi) is 8.45. The fraction of sp³-hybridized carbons (Fsp3) is 0.444. The number of hydrogen-bond acceptors (Lipinski definition) is 7. The molecule has 3 rings (SSSR count). The van der Waals surface area contributed by atoms with Crippen LogP contribution < -0.4 is 16.6 Å². The van der Waals surface area contributed by atoms with Crippen LogP contribution in [0.25, 0.3) is 11.1 Å². The molecule has 1 aromatic carbocycles. The van der Waals surface area contributed by atoms with Crippen molar-refractivity contribution >= 4 is 23.4 Å². The monoisotopic (exact) mass is 496 g/mol. The van der Waals surface area contributed by atoms with Crippen molar-refractivity contribution in [2.24, 2.45) is 0 Å². The molecule has 1 aliphatic heterocycles. The summed E-state index contributed by atoms with van der Waals surface area (Å²) >= 11 is 0. The van der Waals surface area contributed by atoms with Crippen LogP contribution in [0.3, 0.4) is 0 Å². The summed E-state index contributed by atoms with van der Waals surface area (Å²) in [6, 6.07) is 7.43. The van der Waals surface area contributed by atoms with E-state index in [1.54, 1.807) is 32.2 Å². The number of carbonyl (C=O) groups excluding carboxylic acids is 2. The molecule has 9 nitrogen and oxygen atoms in total. The van der Waals surface area contributed by atoms with E-state index in [0.29, 0.717) is 47.5 Å². The minimum atomic E-state index is -0.658. The molecule has 2 heterocycles. The van der Waals surface area contributed by atoms with Crippen LogP contribution in [-0.4, -0.2) is 47.2 Å². The average Bonchev–Trinajstić information content (AvgIpc) is 2.81. The van der Waals surface area contributed by atoms with Crippen molar-refractivity contribution in [2.45, 2.75) is 64.6 Å². The fourth-order valence-corrected chi connectivity index (χ4v) is 3.94. The van der Waals surface area contributed by atoms with Gasteiger partial charge < -0.3 is 30.4 Å². The number of esters is 1. The van der Waals surface area contributed by atoms with Crippen molar-refractivity contribution in [3.05, 3.63) is 58.5 Å². The summed E-state index contributed by atoms with van der Waals surface area (Å²) in [4.78, 5) is 42.8. The van der Waals surface area contributed by atoms with E-state index < -0.39 is 29.7 Å². The van der Waals surface area contributed by atoms with Gasteiger partial charge in [-0.15, -0.1) is 0 Å². The lowest BCUT2D eigenvalue weighted by molar-refractivity contribution is -0.143. The van der Waals surface area contributed by atoms with Crippen LogP contribution in [0.5, 0.6) is 0 Å². The number of amides is 1. The lowest BCUT2D eigenvalue weighted by atomic mass is 9.98. The molecular weight excluding hydrogens is 460 g/mol. The van der Waals surface area contributed by atoms with Gasteiger partial charge >= 0.3 is 12.1 Å². The number of anilines is 2. The highest BCUT2D eigenvalue weighted by Gasteiger charge is 2.29. The Morgan fingerprint density at radius 1 is 1.14 bits per heavy atom. The number of pyridine rings is 1. The summed E-state index contributed by atoms with van der Waals surface area (Å²) in [5, 5.41) is 3.25. The normalized spacial score (nSPS) is 17.6. The molecule has 2 bridgehead atoms. The first-order chi connectivity index (χ1) is 17.0. The third-order valence-electron chi connectivity index (χ3n) is 6.35. The lowest BCUT2D eigenvalue weighted by Gasteiger charge is -2.32. The highest BCUT2D eigenvalue weighted by molar-refractivity contribution is 5.85. The first-order valence-electron chi connectivity index (χ1n) is 12.2. The maximum Gasteiger partial charge on any atom is 0.410 e. The zero-order valence-corrected chi connectivity index (χ0v) is 21.6. The van der Waals surface area contributed by atoms with Gasteiger partial charge in [0.25, 0.3) is 0 Å². The highest BCUT2D eigenvalue weighted by atomic mass is 16.6. The van der Waals surface area contributed by atoms with Crippen LogP contribution in [0.1, 0.15) is 58.7 Å². The molecule has 2 atom stereocenters. The molecule has 4 N–H and O–H groups in total. The van der Waals surface area contributed by atoms with Crippen molar-refractivity contribution in [1.82, 2.24) is 9.88 Å². The number of nitrogens with zero attached hydrogens (tertiary/aromatic N) is 1. The molecule has 9 heteroatoms. The molecule has 0 fully saturated rings. The average molecular weight is 497 g/mol. The number of rotatable bonds is 5. The molecule has 0 radical (unpaired) electrons. The van der Waals surface area contributed by atoms with Gasteiger partial charge in [-0.3, -0.25) is 4.79 Å². The first-order valence-corrected chi connectivity index (χ1v) is 12.2. The number of fused-ring (bicyclic) bond motifs is 4. The first kappa shape index (κ1) is 26.8. The molecule has 0 saturated heterocycles. The minimum Gasteiger partial charge on any atom is -0.464 e. The highest BCUT2D eigenvalue weighted by Crippen LogP contribution is 2.33. The van der Waals surface area contributed by atoms with Crippen LogP contribution in [0.2, 0.25) is 0 Å². The molecule has 1 aliphatic rings. The summed E-state index contributed by atoms with van der Waals surface area (Å²) in [5.41, 5.74) is 8.12. The van der Waals surface area contributed by atoms with Gasteiger partial charge in [0.05, 0.1) is 12.6 Å². The molecule has 2 aromatic rings. The SMILES string of the molecule is CCOC(=O)C1CC=CCC(N(C)C(=O)OC(C)(C)CC)c2cc(cc(=O)[nH]2)-c2ccc(N)cc2N1. The Bertz CT molecular complexity index is 1190. The minimum absolute atomic E-state index is 0.255. The summed E-state index contributed by atoms with van der Waals surface area (Å²) in [7, 11) is 1.65. The number of aromatic nitrogens is 1. The van der Waals surface area contributed by atoms with E-state index in [1.165, 1.54) is 11.0 Å². The number of nitrogens with two attached hydrogens (primary N) is 1. The van der Waals surface area contributed by atoms with Crippen molar-refractivity contribution in [2.75, 3.05) is 24.7 Å². The number of benzene rings is 1. The van der Waals surface area contributed by atoms with Crippen LogP contribution in [0.15, 0.2) is 47.3 Å². The van der Waals surface area contributed by atoms with Gasteiger partial charge in [-0.2, -0.15) is 0 Å². The number of carbonyl (C=O) groups is 2. The predicted octanol–water partition coefficient (Wildman–Crippen LogP) is 4.62. The van der Waals surface area contributed by atoms with Crippen molar-refractivity contribution in [1.29, 1.82) is 0 Å². The number of aromatic amines is 1. The third-order valence-corrected chi connectivity index (χ3v) is 6.35. The van der Waals surface area contributed by atoms with Crippen molar-refractivity contribution in [3.8, 4) is 11.1 Å². The van der Waals surface area contributed by atoms with Crippen LogP contribution in [0, 0.1) is 0 Å². The molecule has 0 spiro atoms. The summed E-state index contributed by atoms with van der Waals surface area (Å²) < 4.78 is 11.0. The van der Waals surface area contributed by atoms with E-state index >= 15 is 0 Å². The molecule has 1 aromatic heterocycles. The number of H-pyrrole nitrogens is 1. The predicted molar refractivity (Wildman–Crippen MR) is 141 cm³/mol. The maximum absolute atomic E-state index is 13.0. The number of nitrogen functional groups attached to an aromatic ring is 1. The second kappa shape index (κ2) is 11.3. The number of nitrogens with one attached hydrogen (secondary N) is 2. The molecular formula is C27H36N4O5. The van der Waals surface area contributed by atoms with E-state index in [9.17, 15) is 14.4 Å². The zero-order valence-electron chi connectivity index (χ0n) is 21.6. The number of hydrogen-bond donors (Lipinski definition) is 3. The zero-order chi connectivity index (χ0) is 26.5. The van der Waals surface area contributed by atoms with E-state index in [-0.39, 0.29) is 12.2 Å². The summed E-state index contributed by atoms with van der Waals surface area (Å²) in [6.07, 6.45) is 4.69. The second-order valence-corrected chi connectivity index (χ2v) is 9.49. The molecule has 194 valence electrons. The van der Waals surface area contributed by atoms with Gasteiger partial charge in [0.1, 0.15) is 11.6 Å². The third kappa shape index (κ3) is 6.47. The van der Waals surface area contributed by atoms with Gasteiger partial charge in [0.2, 0.25) is 5.56 Å². The molecule has 0 aliphatic carbocycles. The molecule has 2 unspecified atom stereocenters. The van der Waals surface area contributed by atoms with Crippen LogP contribution in [0.4, 0.5) is 16.2 Å². The van der Waals surface area contributed by atoms with Gasteiger partial charge in [0, 0.05) is 35.7 Å². The van der Waals surface area contributed by atoms with Gasteiger partial charge in [-0.05, 0) is 63.8 Å². The smallest absolute Gasteiger partial charge is 0.410 e. The van der Waals surface area contributed by atoms with Crippen LogP contribution >= 0.6 is 0 Å². The molecule has 0 saturated carbocycles. The van der Waals surface area contributed by atoms with Gasteiger partial charge in [-0.25, -0.2) is 9.59 Å². The Balaban J connectivity index is 2.12. The quantitative estimate of drug-likeness (QED) is 0.313. The van der Waals surface area contributed by atoms with E-state index in [4.69, 9.17) is 15.2 Å². The molecule has 36 heavy (non-hydrogen) atoms. The van der Waals surface area contributed by atoms with Crippen molar-refractivity contribution < 1.29 is 19.1 Å². The maximum atomic E-state index is 13.0. The second-order valence-electron chi connectivity index (χ2n) is 9.49. The lowest BCUT2D eigenvalue weighted by Crippen LogP contribution is -2.38. The fourth-order valence-electron chi connectivity index (χ4n) is 3.94.